The maximum atomic E-state index is 12.5. The molecule has 2 amide bonds. The third-order valence-electron chi connectivity index (χ3n) is 5.53. The molecule has 1 aromatic heterocycles. The van der Waals surface area contributed by atoms with Crippen LogP contribution in [0.2, 0.25) is 0 Å². The van der Waals surface area contributed by atoms with E-state index in [0.717, 1.165) is 37.4 Å². The summed E-state index contributed by atoms with van der Waals surface area (Å²) < 4.78 is 5.09. The second-order valence-corrected chi connectivity index (χ2v) is 7.32. The second-order valence-electron chi connectivity index (χ2n) is 7.32. The molecular weight excluding hydrogens is 302 g/mol. The molecule has 24 heavy (non-hydrogen) atoms. The SMILES string of the molecule is CCN(Cc1ccoc1)C(=O)NC1CCN(CC2CCCC2)CC1. The van der Waals surface area contributed by atoms with E-state index in [-0.39, 0.29) is 6.03 Å². The summed E-state index contributed by atoms with van der Waals surface area (Å²) in [5.41, 5.74) is 1.04. The van der Waals surface area contributed by atoms with Crippen molar-refractivity contribution < 1.29 is 9.21 Å². The summed E-state index contributed by atoms with van der Waals surface area (Å²) in [5, 5.41) is 3.23. The van der Waals surface area contributed by atoms with Crippen molar-refractivity contribution in [1.29, 1.82) is 0 Å². The standard InChI is InChI=1S/C19H31N3O2/c1-2-22(14-17-9-12-24-15-17)19(23)20-18-7-10-21(11-8-18)13-16-5-3-4-6-16/h9,12,15-16,18H,2-8,10-11,13-14H2,1H3,(H,20,23). The molecule has 0 atom stereocenters. The monoisotopic (exact) mass is 333 g/mol. The van der Waals surface area contributed by atoms with E-state index in [9.17, 15) is 4.79 Å². The van der Waals surface area contributed by atoms with E-state index in [2.05, 4.69) is 10.2 Å². The summed E-state index contributed by atoms with van der Waals surface area (Å²) in [6, 6.07) is 2.28. The molecule has 2 fully saturated rings. The molecule has 2 aliphatic rings. The molecule has 5 nitrogen and oxygen atoms in total. The first-order valence-electron chi connectivity index (χ1n) is 9.53. The Hall–Kier alpha value is -1.49. The molecule has 1 saturated carbocycles. The highest BCUT2D eigenvalue weighted by Gasteiger charge is 2.25. The van der Waals surface area contributed by atoms with E-state index >= 15 is 0 Å². The second kappa shape index (κ2) is 8.56. The summed E-state index contributed by atoms with van der Waals surface area (Å²) in [6.07, 6.45) is 11.2. The largest absolute Gasteiger partial charge is 0.472 e. The Kier molecular flexibility index (Phi) is 6.18. The molecule has 1 aromatic rings. The maximum absolute atomic E-state index is 12.5. The van der Waals surface area contributed by atoms with Crippen molar-refractivity contribution in [1.82, 2.24) is 15.1 Å². The number of likely N-dealkylation sites (tertiary alicyclic amines) is 1. The number of rotatable bonds is 6. The van der Waals surface area contributed by atoms with Crippen molar-refractivity contribution in [3.8, 4) is 0 Å². The Morgan fingerprint density at radius 2 is 2.04 bits per heavy atom. The van der Waals surface area contributed by atoms with Crippen LogP contribution in [0, 0.1) is 5.92 Å². The van der Waals surface area contributed by atoms with Gasteiger partial charge in [-0.15, -0.1) is 0 Å². The molecule has 1 aliphatic carbocycles. The highest BCUT2D eigenvalue weighted by atomic mass is 16.3. The number of urea groups is 1. The van der Waals surface area contributed by atoms with Crippen LogP contribution < -0.4 is 5.32 Å². The average molecular weight is 333 g/mol. The van der Waals surface area contributed by atoms with E-state index in [4.69, 9.17) is 4.42 Å². The zero-order chi connectivity index (χ0) is 16.8. The lowest BCUT2D eigenvalue weighted by Crippen LogP contribution is -2.49. The lowest BCUT2D eigenvalue weighted by Gasteiger charge is -2.34. The highest BCUT2D eigenvalue weighted by Crippen LogP contribution is 2.26. The number of hydrogen-bond acceptors (Lipinski definition) is 3. The molecule has 2 heterocycles. The summed E-state index contributed by atoms with van der Waals surface area (Å²) in [6.45, 7) is 6.84. The van der Waals surface area contributed by atoms with Crippen LogP contribution in [0.3, 0.4) is 0 Å². The summed E-state index contributed by atoms with van der Waals surface area (Å²) >= 11 is 0. The Labute approximate surface area is 145 Å². The minimum atomic E-state index is 0.0490. The van der Waals surface area contributed by atoms with Crippen molar-refractivity contribution in [3.63, 3.8) is 0 Å². The Balaban J connectivity index is 1.40. The van der Waals surface area contributed by atoms with Crippen molar-refractivity contribution in [2.24, 2.45) is 5.92 Å². The fourth-order valence-corrected chi connectivity index (χ4v) is 4.01. The zero-order valence-electron chi connectivity index (χ0n) is 14.9. The number of carbonyl (C=O) groups excluding carboxylic acids is 1. The Morgan fingerprint density at radius 1 is 1.29 bits per heavy atom. The van der Waals surface area contributed by atoms with Gasteiger partial charge in [-0.3, -0.25) is 0 Å². The van der Waals surface area contributed by atoms with Crippen LogP contribution in [0.1, 0.15) is 51.0 Å². The predicted octanol–water partition coefficient (Wildman–Crippen LogP) is 3.47. The summed E-state index contributed by atoms with van der Waals surface area (Å²) in [4.78, 5) is 16.9. The van der Waals surface area contributed by atoms with E-state index in [1.165, 1.54) is 32.2 Å². The Morgan fingerprint density at radius 3 is 2.67 bits per heavy atom. The first kappa shape index (κ1) is 17.3. The van der Waals surface area contributed by atoms with Crippen LogP contribution in [0.25, 0.3) is 0 Å². The van der Waals surface area contributed by atoms with Gasteiger partial charge in [0.1, 0.15) is 0 Å². The van der Waals surface area contributed by atoms with Crippen LogP contribution in [0.5, 0.6) is 0 Å². The number of piperidine rings is 1. The number of furan rings is 1. The van der Waals surface area contributed by atoms with Crippen molar-refractivity contribution in [3.05, 3.63) is 24.2 Å². The van der Waals surface area contributed by atoms with Gasteiger partial charge < -0.3 is 19.5 Å². The molecule has 134 valence electrons. The summed E-state index contributed by atoms with van der Waals surface area (Å²) in [7, 11) is 0. The summed E-state index contributed by atoms with van der Waals surface area (Å²) in [5.74, 6) is 0.918. The number of nitrogens with one attached hydrogen (secondary N) is 1. The number of hydrogen-bond donors (Lipinski definition) is 1. The van der Waals surface area contributed by atoms with Gasteiger partial charge in [-0.25, -0.2) is 4.79 Å². The van der Waals surface area contributed by atoms with Gasteiger partial charge in [-0.2, -0.15) is 0 Å². The lowest BCUT2D eigenvalue weighted by atomic mass is 10.0. The van der Waals surface area contributed by atoms with Crippen LogP contribution in [-0.4, -0.2) is 48.1 Å². The predicted molar refractivity (Wildman–Crippen MR) is 94.7 cm³/mol. The third-order valence-corrected chi connectivity index (χ3v) is 5.53. The van der Waals surface area contributed by atoms with Gasteiger partial charge in [-0.1, -0.05) is 12.8 Å². The van der Waals surface area contributed by atoms with Crippen LogP contribution >= 0.6 is 0 Å². The van der Waals surface area contributed by atoms with Gasteiger partial charge >= 0.3 is 6.03 Å². The van der Waals surface area contributed by atoms with E-state index in [1.807, 2.05) is 17.9 Å². The minimum Gasteiger partial charge on any atom is -0.472 e. The molecule has 0 aromatic carbocycles. The van der Waals surface area contributed by atoms with Gasteiger partial charge in [-0.05, 0) is 44.6 Å². The van der Waals surface area contributed by atoms with Crippen LogP contribution in [0.4, 0.5) is 4.79 Å². The molecule has 1 N–H and O–H groups in total. The van der Waals surface area contributed by atoms with Crippen molar-refractivity contribution in [2.75, 3.05) is 26.2 Å². The van der Waals surface area contributed by atoms with Gasteiger partial charge in [0.15, 0.2) is 0 Å². The zero-order valence-corrected chi connectivity index (χ0v) is 14.9. The van der Waals surface area contributed by atoms with Crippen molar-refractivity contribution >= 4 is 6.03 Å². The topological polar surface area (TPSA) is 48.7 Å². The highest BCUT2D eigenvalue weighted by molar-refractivity contribution is 5.74. The van der Waals surface area contributed by atoms with Gasteiger partial charge in [0.25, 0.3) is 0 Å². The van der Waals surface area contributed by atoms with Crippen LogP contribution in [0.15, 0.2) is 23.0 Å². The molecule has 5 heteroatoms. The fourth-order valence-electron chi connectivity index (χ4n) is 4.01. The first-order valence-corrected chi connectivity index (χ1v) is 9.53. The maximum Gasteiger partial charge on any atom is 0.317 e. The lowest BCUT2D eigenvalue weighted by molar-refractivity contribution is 0.160. The van der Waals surface area contributed by atoms with Gasteiger partial charge in [0.2, 0.25) is 0 Å². The third kappa shape index (κ3) is 4.76. The van der Waals surface area contributed by atoms with Gasteiger partial charge in [0, 0.05) is 37.8 Å². The molecule has 1 saturated heterocycles. The number of amides is 2. The molecular formula is C19H31N3O2. The molecule has 0 spiro atoms. The van der Waals surface area contributed by atoms with Crippen molar-refractivity contribution in [2.45, 2.75) is 58.0 Å². The quantitative estimate of drug-likeness (QED) is 0.867. The number of carbonyl (C=O) groups is 1. The normalized spacial score (nSPS) is 20.4. The van der Waals surface area contributed by atoms with E-state index < -0.39 is 0 Å². The minimum absolute atomic E-state index is 0.0490. The first-order chi connectivity index (χ1) is 11.7. The molecule has 0 unspecified atom stereocenters. The molecule has 0 bridgehead atoms. The molecule has 3 rings (SSSR count). The fraction of sp³-hybridized carbons (Fsp3) is 0.737. The number of nitrogens with zero attached hydrogens (tertiary/aromatic N) is 2. The molecule has 0 radical (unpaired) electrons. The molecule has 1 aliphatic heterocycles. The smallest absolute Gasteiger partial charge is 0.317 e. The van der Waals surface area contributed by atoms with E-state index in [0.29, 0.717) is 19.1 Å². The van der Waals surface area contributed by atoms with Crippen LogP contribution in [-0.2, 0) is 6.54 Å². The van der Waals surface area contributed by atoms with E-state index in [1.54, 1.807) is 12.5 Å². The average Bonchev–Trinajstić information content (AvgIpc) is 3.28. The van der Waals surface area contributed by atoms with Gasteiger partial charge in [0.05, 0.1) is 19.1 Å². The Bertz CT molecular complexity index is 489.